The Kier molecular flexibility index (Phi) is 7.73. The van der Waals surface area contributed by atoms with Crippen LogP contribution in [-0.4, -0.2) is 46.2 Å². The first-order valence-corrected chi connectivity index (χ1v) is 10.5. The first-order valence-electron chi connectivity index (χ1n) is 7.86. The Morgan fingerprint density at radius 3 is 2.00 bits per heavy atom. The molecule has 0 unspecified atom stereocenters. The predicted octanol–water partition coefficient (Wildman–Crippen LogP) is 3.96. The van der Waals surface area contributed by atoms with Crippen LogP contribution in [0.1, 0.15) is 41.0 Å². The highest BCUT2D eigenvalue weighted by Gasteiger charge is 2.39. The van der Waals surface area contributed by atoms with Gasteiger partial charge in [0.15, 0.2) is 0 Å². The summed E-state index contributed by atoms with van der Waals surface area (Å²) in [6, 6.07) is 0. The SMILES string of the molecule is CCC1=C(CBr)C(=O)N(CC(C)(C)COCC(C)(C)CI)C1=O. The van der Waals surface area contributed by atoms with Crippen molar-refractivity contribution in [1.82, 2.24) is 4.90 Å². The summed E-state index contributed by atoms with van der Waals surface area (Å²) >= 11 is 5.68. The van der Waals surface area contributed by atoms with Crippen LogP contribution in [0.3, 0.4) is 0 Å². The summed E-state index contributed by atoms with van der Waals surface area (Å²) in [6.45, 7) is 11.9. The van der Waals surface area contributed by atoms with Crippen LogP contribution >= 0.6 is 38.5 Å². The van der Waals surface area contributed by atoms with Gasteiger partial charge >= 0.3 is 0 Å². The Balaban J connectivity index is 2.68. The summed E-state index contributed by atoms with van der Waals surface area (Å²) in [5, 5.41) is 0.429. The zero-order valence-electron chi connectivity index (χ0n) is 14.7. The summed E-state index contributed by atoms with van der Waals surface area (Å²) in [5.41, 5.74) is 1.10. The van der Waals surface area contributed by atoms with Crippen LogP contribution in [0, 0.1) is 10.8 Å². The van der Waals surface area contributed by atoms with Gasteiger partial charge in [-0.2, -0.15) is 0 Å². The minimum Gasteiger partial charge on any atom is -0.380 e. The smallest absolute Gasteiger partial charge is 0.258 e. The largest absolute Gasteiger partial charge is 0.380 e. The van der Waals surface area contributed by atoms with Crippen molar-refractivity contribution in [2.24, 2.45) is 10.8 Å². The predicted molar refractivity (Wildman–Crippen MR) is 105 cm³/mol. The van der Waals surface area contributed by atoms with Gasteiger partial charge in [0.1, 0.15) is 0 Å². The second-order valence-electron chi connectivity index (χ2n) is 7.60. The maximum Gasteiger partial charge on any atom is 0.258 e. The number of hydrogen-bond acceptors (Lipinski definition) is 3. The molecule has 0 spiro atoms. The molecule has 1 heterocycles. The molecule has 0 aliphatic carbocycles. The number of halogens is 2. The molecule has 1 aliphatic heterocycles. The average molecular weight is 500 g/mol. The van der Waals surface area contributed by atoms with Crippen LogP contribution in [0.4, 0.5) is 0 Å². The molecule has 2 amide bonds. The molecule has 132 valence electrons. The third kappa shape index (κ3) is 5.53. The van der Waals surface area contributed by atoms with Crippen molar-refractivity contribution in [3.8, 4) is 0 Å². The van der Waals surface area contributed by atoms with Crippen LogP contribution in [0.15, 0.2) is 11.1 Å². The van der Waals surface area contributed by atoms with E-state index in [0.717, 1.165) is 4.43 Å². The van der Waals surface area contributed by atoms with Gasteiger partial charge in [-0.3, -0.25) is 14.5 Å². The fourth-order valence-electron chi connectivity index (χ4n) is 2.44. The number of nitrogens with zero attached hydrogens (tertiary/aromatic N) is 1. The minimum absolute atomic E-state index is 0.135. The molecule has 1 rings (SSSR count). The van der Waals surface area contributed by atoms with Crippen molar-refractivity contribution in [3.63, 3.8) is 0 Å². The van der Waals surface area contributed by atoms with E-state index >= 15 is 0 Å². The lowest BCUT2D eigenvalue weighted by Gasteiger charge is -2.31. The maximum atomic E-state index is 12.5. The van der Waals surface area contributed by atoms with Gasteiger partial charge < -0.3 is 4.74 Å². The van der Waals surface area contributed by atoms with Crippen LogP contribution in [-0.2, 0) is 14.3 Å². The summed E-state index contributed by atoms with van der Waals surface area (Å²) in [7, 11) is 0. The molecule has 1 aliphatic rings. The van der Waals surface area contributed by atoms with Gasteiger partial charge in [-0.15, -0.1) is 0 Å². The highest BCUT2D eigenvalue weighted by molar-refractivity contribution is 14.1. The molecule has 0 bridgehead atoms. The highest BCUT2D eigenvalue weighted by Crippen LogP contribution is 2.29. The van der Waals surface area contributed by atoms with E-state index in [1.54, 1.807) is 0 Å². The van der Waals surface area contributed by atoms with Crippen molar-refractivity contribution < 1.29 is 14.3 Å². The van der Waals surface area contributed by atoms with Crippen molar-refractivity contribution in [1.29, 1.82) is 0 Å². The molecule has 0 saturated heterocycles. The fraction of sp³-hybridized carbons (Fsp3) is 0.765. The van der Waals surface area contributed by atoms with E-state index in [0.29, 0.717) is 42.7 Å². The van der Waals surface area contributed by atoms with E-state index in [2.05, 4.69) is 52.4 Å². The van der Waals surface area contributed by atoms with Gasteiger partial charge in [0.2, 0.25) is 0 Å². The molecule has 0 aromatic carbocycles. The lowest BCUT2D eigenvalue weighted by Crippen LogP contribution is -2.42. The Labute approximate surface area is 161 Å². The zero-order valence-corrected chi connectivity index (χ0v) is 18.4. The van der Waals surface area contributed by atoms with Gasteiger partial charge in [0.05, 0.1) is 13.2 Å². The van der Waals surface area contributed by atoms with E-state index in [1.165, 1.54) is 4.90 Å². The van der Waals surface area contributed by atoms with Gasteiger partial charge in [0, 0.05) is 32.9 Å². The van der Waals surface area contributed by atoms with Crippen molar-refractivity contribution in [3.05, 3.63) is 11.1 Å². The number of imide groups is 1. The zero-order chi connectivity index (χ0) is 17.8. The Morgan fingerprint density at radius 1 is 1.04 bits per heavy atom. The third-order valence-corrected chi connectivity index (χ3v) is 6.42. The molecule has 0 aromatic heterocycles. The molecule has 4 nitrogen and oxygen atoms in total. The number of ether oxygens (including phenoxy) is 1. The maximum absolute atomic E-state index is 12.5. The summed E-state index contributed by atoms with van der Waals surface area (Å²) < 4.78 is 6.88. The van der Waals surface area contributed by atoms with Crippen molar-refractivity contribution >= 4 is 50.3 Å². The number of hydrogen-bond donors (Lipinski definition) is 0. The minimum atomic E-state index is -0.271. The monoisotopic (exact) mass is 499 g/mol. The Bertz CT molecular complexity index is 474. The van der Waals surface area contributed by atoms with E-state index in [1.807, 2.05) is 20.8 Å². The van der Waals surface area contributed by atoms with Gasteiger partial charge in [-0.05, 0) is 11.8 Å². The number of amides is 2. The number of carbonyl (C=O) groups is 2. The third-order valence-electron chi connectivity index (χ3n) is 3.79. The highest BCUT2D eigenvalue weighted by atomic mass is 127. The molecule has 23 heavy (non-hydrogen) atoms. The number of alkyl halides is 2. The summed E-state index contributed by atoms with van der Waals surface area (Å²) in [5.74, 6) is -0.308. The van der Waals surface area contributed by atoms with Crippen LogP contribution in [0.5, 0.6) is 0 Å². The van der Waals surface area contributed by atoms with Crippen molar-refractivity contribution in [2.45, 2.75) is 41.0 Å². The molecule has 0 saturated carbocycles. The van der Waals surface area contributed by atoms with Gasteiger partial charge in [-0.25, -0.2) is 0 Å². The van der Waals surface area contributed by atoms with Crippen LogP contribution < -0.4 is 0 Å². The standard InChI is InChI=1S/C17H27BrINO3/c1-6-12-13(7-18)15(22)20(14(12)21)9-17(4,5)11-23-10-16(2,3)8-19/h6-11H2,1-5H3. The number of rotatable bonds is 9. The molecular formula is C17H27BrINO3. The first kappa shape index (κ1) is 21.1. The second kappa shape index (κ2) is 8.43. The Hall–Kier alpha value is 0.0500. The van der Waals surface area contributed by atoms with E-state index in [-0.39, 0.29) is 22.6 Å². The molecule has 0 N–H and O–H groups in total. The van der Waals surface area contributed by atoms with E-state index in [9.17, 15) is 9.59 Å². The van der Waals surface area contributed by atoms with Crippen LogP contribution in [0.2, 0.25) is 0 Å². The van der Waals surface area contributed by atoms with Crippen LogP contribution in [0.25, 0.3) is 0 Å². The van der Waals surface area contributed by atoms with Gasteiger partial charge in [0.25, 0.3) is 11.8 Å². The average Bonchev–Trinajstić information content (AvgIpc) is 2.69. The summed E-state index contributed by atoms with van der Waals surface area (Å²) in [4.78, 5) is 26.3. The molecule has 0 atom stereocenters. The van der Waals surface area contributed by atoms with Crippen molar-refractivity contribution in [2.75, 3.05) is 29.5 Å². The fourth-order valence-corrected chi connectivity index (χ4v) is 3.24. The topological polar surface area (TPSA) is 46.6 Å². The lowest BCUT2D eigenvalue weighted by atomic mass is 9.93. The van der Waals surface area contributed by atoms with E-state index < -0.39 is 0 Å². The molecule has 0 fully saturated rings. The first-order chi connectivity index (χ1) is 10.6. The Morgan fingerprint density at radius 2 is 1.57 bits per heavy atom. The number of carbonyl (C=O) groups excluding carboxylic acids is 2. The second-order valence-corrected chi connectivity index (χ2v) is 8.92. The van der Waals surface area contributed by atoms with E-state index in [4.69, 9.17) is 4.74 Å². The lowest BCUT2D eigenvalue weighted by molar-refractivity contribution is -0.140. The molecule has 6 heteroatoms. The molecular weight excluding hydrogens is 473 g/mol. The molecule has 0 aromatic rings. The molecule has 0 radical (unpaired) electrons. The quantitative estimate of drug-likeness (QED) is 0.274. The summed E-state index contributed by atoms with van der Waals surface area (Å²) in [6.07, 6.45) is 0.586. The normalized spacial score (nSPS) is 16.7. The van der Waals surface area contributed by atoms with Gasteiger partial charge in [-0.1, -0.05) is 73.1 Å².